The van der Waals surface area contributed by atoms with Crippen molar-refractivity contribution in [1.82, 2.24) is 16.0 Å². The highest BCUT2D eigenvalue weighted by atomic mass is 19.2. The van der Waals surface area contributed by atoms with Crippen LogP contribution in [0.1, 0.15) is 86.6 Å². The van der Waals surface area contributed by atoms with Crippen LogP contribution in [0.4, 0.5) is 32.4 Å². The summed E-state index contributed by atoms with van der Waals surface area (Å²) in [6.45, 7) is 14.5. The number of rotatable bonds is 20. The van der Waals surface area contributed by atoms with Crippen LogP contribution in [0.3, 0.4) is 0 Å². The van der Waals surface area contributed by atoms with E-state index in [0.717, 1.165) is 5.56 Å². The van der Waals surface area contributed by atoms with E-state index in [2.05, 4.69) is 26.0 Å². The van der Waals surface area contributed by atoms with E-state index in [1.807, 2.05) is 13.8 Å². The van der Waals surface area contributed by atoms with Crippen molar-refractivity contribution in [1.29, 1.82) is 0 Å². The number of esters is 2. The first-order valence-corrected chi connectivity index (χ1v) is 18.6. The maximum atomic E-state index is 13.2. The Morgan fingerprint density at radius 1 is 0.724 bits per heavy atom. The van der Waals surface area contributed by atoms with Gasteiger partial charge in [-0.2, -0.15) is 8.78 Å². The fourth-order valence-electron chi connectivity index (χ4n) is 4.66. The lowest BCUT2D eigenvalue weighted by molar-refractivity contribution is -0.148. The van der Waals surface area contributed by atoms with Crippen molar-refractivity contribution >= 4 is 41.4 Å². The summed E-state index contributed by atoms with van der Waals surface area (Å²) in [5.74, 6) is -16.4. The molecule has 0 fully saturated rings. The molecule has 0 aliphatic rings. The van der Waals surface area contributed by atoms with Crippen molar-refractivity contribution in [3.8, 4) is 5.75 Å². The Labute approximate surface area is 334 Å². The summed E-state index contributed by atoms with van der Waals surface area (Å²) in [6, 6.07) is 4.32. The molecule has 0 saturated heterocycles. The van der Waals surface area contributed by atoms with Crippen LogP contribution in [0.25, 0.3) is 0 Å². The highest BCUT2D eigenvalue weighted by molar-refractivity contribution is 5.98. The van der Waals surface area contributed by atoms with Gasteiger partial charge < -0.3 is 41.2 Å². The molecule has 5 amide bonds. The SMILES string of the molecule is CC(C)C(=O)Oc1c(F)c(F)c(F)c(F)c1F.CCOC(C)CCC(=O)NC(C(=O)N[C@@H](CCCNC(N)=O)C(=O)Nc1ccc(COC(=O)C(C)C)cc1)C(C)C. The largest absolute Gasteiger partial charge is 0.461 e. The molecular weight excluding hydrogens is 777 g/mol. The first-order valence-electron chi connectivity index (χ1n) is 18.6. The summed E-state index contributed by atoms with van der Waals surface area (Å²) in [6.07, 6.45) is 1.22. The molecule has 0 spiro atoms. The summed E-state index contributed by atoms with van der Waals surface area (Å²) in [5, 5.41) is 10.8. The standard InChI is InChI=1S/C29H47N5O7.C10H7F5O2/c1-7-40-20(6)10-15-24(35)34-25(18(2)3)27(37)33-23(9-8-16-31-29(30)39)26(36)32-22-13-11-21(12-14-22)17-41-28(38)19(4)5;1-3(2)10(16)17-9-7(14)5(12)4(11)6(13)8(9)15/h11-14,18-20,23,25H,7-10,15-17H2,1-6H3,(H,32,36)(H,33,37)(H,34,35)(H3,30,31,39);3H,1-2H3/t20?,23-,25?;/m0./s1. The first kappa shape index (κ1) is 50.7. The molecule has 0 aromatic heterocycles. The van der Waals surface area contributed by atoms with E-state index in [1.54, 1.807) is 52.0 Å². The molecule has 0 heterocycles. The molecule has 324 valence electrons. The molecule has 0 aliphatic carbocycles. The van der Waals surface area contributed by atoms with E-state index in [1.165, 1.54) is 13.8 Å². The maximum absolute atomic E-state index is 13.2. The average molecular weight is 832 g/mol. The topological polar surface area (TPSA) is 204 Å². The summed E-state index contributed by atoms with van der Waals surface area (Å²) < 4.78 is 78.9. The maximum Gasteiger partial charge on any atom is 0.313 e. The number of nitrogens with one attached hydrogen (secondary N) is 4. The van der Waals surface area contributed by atoms with Crippen LogP contribution in [0.5, 0.6) is 5.75 Å². The number of anilines is 1. The van der Waals surface area contributed by atoms with E-state index in [9.17, 15) is 50.7 Å². The van der Waals surface area contributed by atoms with Crippen LogP contribution < -0.4 is 31.7 Å². The number of primary amides is 1. The Bertz CT molecular complexity index is 1680. The second-order valence-electron chi connectivity index (χ2n) is 14.0. The quantitative estimate of drug-likeness (QED) is 0.0283. The molecule has 2 aromatic carbocycles. The van der Waals surface area contributed by atoms with Gasteiger partial charge >= 0.3 is 18.0 Å². The molecule has 0 saturated carbocycles. The fourth-order valence-corrected chi connectivity index (χ4v) is 4.66. The Balaban J connectivity index is 0.000000820. The molecule has 2 aromatic rings. The third-order valence-corrected chi connectivity index (χ3v) is 8.01. The molecule has 58 heavy (non-hydrogen) atoms. The number of hydrogen-bond donors (Lipinski definition) is 5. The zero-order valence-corrected chi connectivity index (χ0v) is 33.9. The van der Waals surface area contributed by atoms with Crippen LogP contribution >= 0.6 is 0 Å². The van der Waals surface area contributed by atoms with Crippen molar-refractivity contribution in [3.63, 3.8) is 0 Å². The van der Waals surface area contributed by atoms with Crippen molar-refractivity contribution in [2.45, 2.75) is 106 Å². The Kier molecular flexibility index (Phi) is 22.0. The number of amides is 5. The van der Waals surface area contributed by atoms with Gasteiger partial charge in [-0.15, -0.1) is 0 Å². The number of ether oxygens (including phenoxy) is 3. The molecule has 3 atom stereocenters. The monoisotopic (exact) mass is 831 g/mol. The zero-order valence-electron chi connectivity index (χ0n) is 33.9. The second kappa shape index (κ2) is 25.1. The number of carbonyl (C=O) groups is 6. The summed E-state index contributed by atoms with van der Waals surface area (Å²) in [7, 11) is 0. The lowest BCUT2D eigenvalue weighted by Crippen LogP contribution is -2.54. The number of carbonyl (C=O) groups excluding carboxylic acids is 6. The van der Waals surface area contributed by atoms with Crippen molar-refractivity contribution in [2.75, 3.05) is 18.5 Å². The highest BCUT2D eigenvalue weighted by Gasteiger charge is 2.30. The number of hydrogen-bond acceptors (Lipinski definition) is 9. The van der Waals surface area contributed by atoms with Crippen molar-refractivity contribution in [2.24, 2.45) is 23.5 Å². The molecule has 0 aliphatic heterocycles. The van der Waals surface area contributed by atoms with Crippen molar-refractivity contribution in [3.05, 3.63) is 58.9 Å². The minimum atomic E-state index is -2.30. The van der Waals surface area contributed by atoms with Gasteiger partial charge in [-0.25, -0.2) is 18.0 Å². The molecule has 19 heteroatoms. The fraction of sp³-hybridized carbons (Fsp3) is 0.538. The average Bonchev–Trinajstić information content (AvgIpc) is 3.16. The molecule has 14 nitrogen and oxygen atoms in total. The lowest BCUT2D eigenvalue weighted by Gasteiger charge is -2.25. The number of benzene rings is 2. The predicted molar refractivity (Wildman–Crippen MR) is 202 cm³/mol. The van der Waals surface area contributed by atoms with Gasteiger partial charge in [0, 0.05) is 25.3 Å². The normalized spacial score (nSPS) is 12.5. The molecular formula is C39H54F5N5O9. The van der Waals surface area contributed by atoms with Crippen LogP contribution in [-0.4, -0.2) is 67.0 Å². The third-order valence-electron chi connectivity index (χ3n) is 8.01. The van der Waals surface area contributed by atoms with E-state index >= 15 is 0 Å². The summed E-state index contributed by atoms with van der Waals surface area (Å²) in [5.41, 5.74) is 6.36. The Morgan fingerprint density at radius 2 is 1.28 bits per heavy atom. The predicted octanol–water partition coefficient (Wildman–Crippen LogP) is 5.55. The van der Waals surface area contributed by atoms with E-state index in [0.29, 0.717) is 25.1 Å². The highest BCUT2D eigenvalue weighted by Crippen LogP contribution is 2.29. The van der Waals surface area contributed by atoms with Crippen LogP contribution in [-0.2, 0) is 40.1 Å². The van der Waals surface area contributed by atoms with Gasteiger partial charge in [0.15, 0.2) is 0 Å². The summed E-state index contributed by atoms with van der Waals surface area (Å²) >= 11 is 0. The molecule has 6 N–H and O–H groups in total. The minimum absolute atomic E-state index is 0.0803. The van der Waals surface area contributed by atoms with Gasteiger partial charge in [-0.05, 0) is 56.7 Å². The molecule has 2 unspecified atom stereocenters. The second-order valence-corrected chi connectivity index (χ2v) is 14.0. The van der Waals surface area contributed by atoms with Crippen LogP contribution in [0, 0.1) is 46.8 Å². The zero-order chi connectivity index (χ0) is 44.3. The van der Waals surface area contributed by atoms with Gasteiger partial charge in [0.2, 0.25) is 52.6 Å². The Morgan fingerprint density at radius 3 is 1.78 bits per heavy atom. The Hall–Kier alpha value is -5.33. The first-order chi connectivity index (χ1) is 27.1. The number of nitrogens with two attached hydrogens (primary N) is 1. The summed E-state index contributed by atoms with van der Waals surface area (Å²) in [4.78, 5) is 72.7. The minimum Gasteiger partial charge on any atom is -0.461 e. The third kappa shape index (κ3) is 17.4. The molecule has 0 radical (unpaired) electrons. The van der Waals surface area contributed by atoms with E-state index < -0.39 is 76.7 Å². The smallest absolute Gasteiger partial charge is 0.313 e. The lowest BCUT2D eigenvalue weighted by atomic mass is 10.0. The van der Waals surface area contributed by atoms with E-state index in [-0.39, 0.29) is 55.8 Å². The van der Waals surface area contributed by atoms with Gasteiger partial charge in [-0.1, -0.05) is 53.7 Å². The van der Waals surface area contributed by atoms with Crippen LogP contribution in [0.2, 0.25) is 0 Å². The van der Waals surface area contributed by atoms with Gasteiger partial charge in [0.1, 0.15) is 18.7 Å². The molecule has 0 bridgehead atoms. The van der Waals surface area contributed by atoms with Gasteiger partial charge in [0.05, 0.1) is 17.9 Å². The van der Waals surface area contributed by atoms with Crippen LogP contribution in [0.15, 0.2) is 24.3 Å². The van der Waals surface area contributed by atoms with Gasteiger partial charge in [0.25, 0.3) is 0 Å². The van der Waals surface area contributed by atoms with Crippen molar-refractivity contribution < 1.29 is 64.9 Å². The van der Waals surface area contributed by atoms with Gasteiger partial charge in [-0.3, -0.25) is 24.0 Å². The number of urea groups is 1. The van der Waals surface area contributed by atoms with E-state index in [4.69, 9.17) is 15.2 Å². The number of halogens is 5. The molecule has 2 rings (SSSR count).